The molecule has 0 bridgehead atoms. The molecule has 170 valence electrons. The quantitative estimate of drug-likeness (QED) is 0.447. The summed E-state index contributed by atoms with van der Waals surface area (Å²) in [5.74, 6) is -0.460. The van der Waals surface area contributed by atoms with Gasteiger partial charge in [-0.3, -0.25) is 0 Å². The van der Waals surface area contributed by atoms with Gasteiger partial charge in [0.25, 0.3) is 0 Å². The average molecular weight is 486 g/mol. The number of aromatic amines is 1. The van der Waals surface area contributed by atoms with Crippen molar-refractivity contribution >= 4 is 23.2 Å². The fraction of sp³-hybridized carbons (Fsp3) is 0.261. The highest BCUT2D eigenvalue weighted by Crippen LogP contribution is 2.41. The van der Waals surface area contributed by atoms with Crippen LogP contribution in [0.2, 0.25) is 10.0 Å². The van der Waals surface area contributed by atoms with E-state index in [0.29, 0.717) is 35.4 Å². The van der Waals surface area contributed by atoms with E-state index < -0.39 is 5.79 Å². The zero-order valence-electron chi connectivity index (χ0n) is 17.7. The van der Waals surface area contributed by atoms with E-state index in [0.717, 1.165) is 16.8 Å². The zero-order valence-corrected chi connectivity index (χ0v) is 19.3. The third-order valence-corrected chi connectivity index (χ3v) is 6.20. The second kappa shape index (κ2) is 8.79. The summed E-state index contributed by atoms with van der Waals surface area (Å²) in [6.07, 6.45) is 5.72. The number of aryl methyl sites for hydroxylation is 1. The van der Waals surface area contributed by atoms with Crippen LogP contribution in [0.4, 0.5) is 0 Å². The Morgan fingerprint density at radius 1 is 1.21 bits per heavy atom. The fourth-order valence-electron chi connectivity index (χ4n) is 4.12. The van der Waals surface area contributed by atoms with E-state index in [4.69, 9.17) is 32.7 Å². The van der Waals surface area contributed by atoms with Gasteiger partial charge in [-0.25, -0.2) is 19.4 Å². The lowest BCUT2D eigenvalue weighted by molar-refractivity contribution is -0.186. The Morgan fingerprint density at radius 2 is 2.03 bits per heavy atom. The molecule has 2 atom stereocenters. The van der Waals surface area contributed by atoms with Gasteiger partial charge in [0, 0.05) is 29.4 Å². The van der Waals surface area contributed by atoms with Crippen LogP contribution in [0, 0.1) is 6.92 Å². The molecule has 10 heteroatoms. The molecule has 1 saturated heterocycles. The van der Waals surface area contributed by atoms with Gasteiger partial charge in [-0.05, 0) is 36.8 Å². The highest BCUT2D eigenvalue weighted by molar-refractivity contribution is 6.35. The summed E-state index contributed by atoms with van der Waals surface area (Å²) in [6.45, 7) is 2.57. The molecule has 0 radical (unpaired) electrons. The molecule has 0 aliphatic carbocycles. The van der Waals surface area contributed by atoms with Gasteiger partial charge in [0.05, 0.1) is 36.3 Å². The molecule has 2 unspecified atom stereocenters. The van der Waals surface area contributed by atoms with Crippen LogP contribution in [0.1, 0.15) is 17.0 Å². The zero-order chi connectivity index (χ0) is 23.0. The minimum absolute atomic E-state index is 0.190. The number of nitrogens with zero attached hydrogens (tertiary/aromatic N) is 4. The van der Waals surface area contributed by atoms with Crippen molar-refractivity contribution in [2.45, 2.75) is 31.8 Å². The molecule has 3 heterocycles. The lowest BCUT2D eigenvalue weighted by atomic mass is 10.0. The van der Waals surface area contributed by atoms with Crippen molar-refractivity contribution in [3.05, 3.63) is 98.7 Å². The van der Waals surface area contributed by atoms with Gasteiger partial charge >= 0.3 is 5.69 Å². The smallest absolute Gasteiger partial charge is 0.342 e. The average Bonchev–Trinajstić information content (AvgIpc) is 3.51. The summed E-state index contributed by atoms with van der Waals surface area (Å²) < 4.78 is 16.2. The monoisotopic (exact) mass is 485 g/mol. The van der Waals surface area contributed by atoms with E-state index in [1.165, 1.54) is 4.57 Å². The van der Waals surface area contributed by atoms with Crippen LogP contribution in [0.5, 0.6) is 0 Å². The van der Waals surface area contributed by atoms with Crippen molar-refractivity contribution < 1.29 is 9.47 Å². The highest BCUT2D eigenvalue weighted by atomic mass is 35.5. The van der Waals surface area contributed by atoms with Gasteiger partial charge in [-0.1, -0.05) is 41.4 Å². The van der Waals surface area contributed by atoms with Gasteiger partial charge in [-0.15, -0.1) is 0 Å². The number of ether oxygens (including phenoxy) is 2. The van der Waals surface area contributed by atoms with Crippen molar-refractivity contribution in [3.8, 4) is 5.69 Å². The van der Waals surface area contributed by atoms with Crippen molar-refractivity contribution in [1.29, 1.82) is 0 Å². The summed E-state index contributed by atoms with van der Waals surface area (Å²) in [7, 11) is 0. The predicted molar refractivity (Wildman–Crippen MR) is 124 cm³/mol. The molecule has 1 aliphatic rings. The molecule has 0 saturated carbocycles. The first-order valence-corrected chi connectivity index (χ1v) is 11.2. The van der Waals surface area contributed by atoms with Gasteiger partial charge in [0.15, 0.2) is 0 Å². The summed E-state index contributed by atoms with van der Waals surface area (Å²) >= 11 is 12.6. The number of imidazole rings is 1. The summed E-state index contributed by atoms with van der Waals surface area (Å²) in [4.78, 5) is 16.1. The summed E-state index contributed by atoms with van der Waals surface area (Å²) in [5, 5.41) is 7.43. The number of benzene rings is 2. The van der Waals surface area contributed by atoms with E-state index in [9.17, 15) is 4.79 Å². The van der Waals surface area contributed by atoms with E-state index in [1.807, 2.05) is 41.1 Å². The minimum atomic E-state index is -1.06. The molecular formula is C23H21Cl2N5O3. The second-order valence-corrected chi connectivity index (χ2v) is 8.79. The maximum absolute atomic E-state index is 12.0. The molecule has 0 spiro atoms. The lowest BCUT2D eigenvalue weighted by Gasteiger charge is -2.30. The molecule has 33 heavy (non-hydrogen) atoms. The van der Waals surface area contributed by atoms with Crippen molar-refractivity contribution in [3.63, 3.8) is 0 Å². The van der Waals surface area contributed by atoms with Crippen molar-refractivity contribution in [2.75, 3.05) is 6.61 Å². The lowest BCUT2D eigenvalue weighted by Crippen LogP contribution is -2.34. The van der Waals surface area contributed by atoms with Gasteiger partial charge in [0.1, 0.15) is 5.82 Å². The number of nitrogens with one attached hydrogen (secondary N) is 1. The van der Waals surface area contributed by atoms with Crippen LogP contribution in [0.15, 0.2) is 66.0 Å². The Morgan fingerprint density at radius 3 is 2.70 bits per heavy atom. The molecule has 1 fully saturated rings. The summed E-state index contributed by atoms with van der Waals surface area (Å²) in [6, 6.07) is 13.0. The number of hydrogen-bond acceptors (Lipinski definition) is 5. The number of rotatable bonds is 6. The van der Waals surface area contributed by atoms with Crippen molar-refractivity contribution in [2.24, 2.45) is 0 Å². The van der Waals surface area contributed by atoms with Gasteiger partial charge < -0.3 is 14.0 Å². The molecule has 2 aromatic heterocycles. The van der Waals surface area contributed by atoms with Gasteiger partial charge in [0.2, 0.25) is 5.79 Å². The number of H-pyrrole nitrogens is 1. The molecular weight excluding hydrogens is 465 g/mol. The third kappa shape index (κ3) is 4.35. The van der Waals surface area contributed by atoms with Crippen LogP contribution >= 0.6 is 23.2 Å². The first-order valence-electron chi connectivity index (χ1n) is 10.4. The van der Waals surface area contributed by atoms with Gasteiger partial charge in [-0.2, -0.15) is 5.10 Å². The van der Waals surface area contributed by atoms with Crippen LogP contribution in [0.25, 0.3) is 5.69 Å². The van der Waals surface area contributed by atoms with Crippen LogP contribution in [0.3, 0.4) is 0 Å². The Balaban J connectivity index is 1.38. The normalized spacial score (nSPS) is 20.4. The molecule has 0 amide bonds. The second-order valence-electron chi connectivity index (χ2n) is 7.94. The molecule has 5 rings (SSSR count). The fourth-order valence-corrected chi connectivity index (χ4v) is 4.67. The van der Waals surface area contributed by atoms with Crippen LogP contribution in [-0.4, -0.2) is 37.0 Å². The Bertz CT molecular complexity index is 1320. The van der Waals surface area contributed by atoms with Crippen LogP contribution in [-0.2, 0) is 28.2 Å². The molecule has 2 aromatic carbocycles. The first-order chi connectivity index (χ1) is 15.9. The maximum Gasteiger partial charge on any atom is 0.347 e. The SMILES string of the molecule is Cc1n[nH]c(=O)n1-c1ccc(CC2COC(Cn3ccnc3)(c3ccc(Cl)cc3Cl)O2)cc1. The number of hydrogen-bond donors (Lipinski definition) is 1. The minimum Gasteiger partial charge on any atom is -0.342 e. The predicted octanol–water partition coefficient (Wildman–Crippen LogP) is 3.88. The Kier molecular flexibility index (Phi) is 5.84. The summed E-state index contributed by atoms with van der Waals surface area (Å²) in [5.41, 5.74) is 2.26. The highest BCUT2D eigenvalue weighted by Gasteiger charge is 2.45. The van der Waals surface area contributed by atoms with Crippen LogP contribution < -0.4 is 5.69 Å². The van der Waals surface area contributed by atoms with E-state index >= 15 is 0 Å². The van der Waals surface area contributed by atoms with E-state index in [-0.39, 0.29) is 11.8 Å². The van der Waals surface area contributed by atoms with E-state index in [1.54, 1.807) is 31.6 Å². The molecule has 8 nitrogen and oxygen atoms in total. The number of halogens is 2. The van der Waals surface area contributed by atoms with E-state index in [2.05, 4.69) is 15.2 Å². The largest absolute Gasteiger partial charge is 0.347 e. The Labute approximate surface area is 199 Å². The van der Waals surface area contributed by atoms with Crippen molar-refractivity contribution in [1.82, 2.24) is 24.3 Å². The molecule has 1 aliphatic heterocycles. The Hall–Kier alpha value is -2.91. The molecule has 4 aromatic rings. The standard InChI is InChI=1S/C23H21Cl2N5O3/c1-15-27-28-22(31)30(15)18-5-2-16(3-6-18)10-19-12-32-23(33-19,13-29-9-8-26-14-29)20-7-4-17(24)11-21(20)25/h2-9,11,14,19H,10,12-13H2,1H3,(H,28,31). The first kappa shape index (κ1) is 21.9. The topological polar surface area (TPSA) is 87.0 Å². The maximum atomic E-state index is 12.0. The molecule has 1 N–H and O–H groups in total. The number of aromatic nitrogens is 5. The third-order valence-electron chi connectivity index (χ3n) is 5.65.